The molecule has 0 saturated heterocycles. The summed E-state index contributed by atoms with van der Waals surface area (Å²) >= 11 is 5.89. The summed E-state index contributed by atoms with van der Waals surface area (Å²) in [5.41, 5.74) is 3.61. The van der Waals surface area contributed by atoms with Gasteiger partial charge in [-0.25, -0.2) is 0 Å². The minimum Gasteiger partial charge on any atom is -0.300 e. The van der Waals surface area contributed by atoms with Gasteiger partial charge < -0.3 is 0 Å². The molecule has 0 heterocycles. The van der Waals surface area contributed by atoms with E-state index in [9.17, 15) is 4.79 Å². The second-order valence-corrected chi connectivity index (χ2v) is 5.21. The van der Waals surface area contributed by atoms with Crippen LogP contribution >= 0.6 is 11.6 Å². The van der Waals surface area contributed by atoms with Gasteiger partial charge in [-0.1, -0.05) is 48.0 Å². The molecular weight excluding hydrogens is 244 g/mol. The van der Waals surface area contributed by atoms with Crippen molar-refractivity contribution in [3.05, 3.63) is 59.1 Å². The van der Waals surface area contributed by atoms with Gasteiger partial charge in [-0.05, 0) is 34.7 Å². The summed E-state index contributed by atoms with van der Waals surface area (Å²) in [6.07, 6.45) is 1.40. The standard InChI is InChI=1S/C16H13ClO/c17-15-6-4-11(5-7-15)12-2-1-3-13(8-12)14-9-16(18)10-14/h1-8,14H,9-10H2. The lowest BCUT2D eigenvalue weighted by Gasteiger charge is -2.24. The lowest BCUT2D eigenvalue weighted by molar-refractivity contribution is -0.124. The van der Waals surface area contributed by atoms with Crippen molar-refractivity contribution >= 4 is 17.4 Å². The average molecular weight is 257 g/mol. The number of carbonyl (C=O) groups is 1. The van der Waals surface area contributed by atoms with Crippen LogP contribution in [0.2, 0.25) is 5.02 Å². The minimum absolute atomic E-state index is 0.372. The van der Waals surface area contributed by atoms with Crippen LogP contribution in [0.3, 0.4) is 0 Å². The maximum absolute atomic E-state index is 11.1. The summed E-state index contributed by atoms with van der Waals surface area (Å²) in [5.74, 6) is 0.793. The molecule has 2 heteroatoms. The summed E-state index contributed by atoms with van der Waals surface area (Å²) in [5, 5.41) is 0.750. The first kappa shape index (κ1) is 11.5. The Kier molecular flexibility index (Phi) is 2.92. The number of hydrogen-bond acceptors (Lipinski definition) is 1. The van der Waals surface area contributed by atoms with E-state index in [4.69, 9.17) is 11.6 Å². The first-order chi connectivity index (χ1) is 8.72. The van der Waals surface area contributed by atoms with Gasteiger partial charge in [0.05, 0.1) is 0 Å². The van der Waals surface area contributed by atoms with E-state index in [0.29, 0.717) is 24.5 Å². The highest BCUT2D eigenvalue weighted by Crippen LogP contribution is 2.35. The molecule has 0 spiro atoms. The Bertz CT molecular complexity index is 578. The fourth-order valence-electron chi connectivity index (χ4n) is 2.34. The van der Waals surface area contributed by atoms with Crippen LogP contribution in [-0.4, -0.2) is 5.78 Å². The van der Waals surface area contributed by atoms with Crippen molar-refractivity contribution in [3.8, 4) is 11.1 Å². The van der Waals surface area contributed by atoms with Crippen molar-refractivity contribution < 1.29 is 4.79 Å². The lowest BCUT2D eigenvalue weighted by atomic mass is 9.78. The third-order valence-electron chi connectivity index (χ3n) is 3.48. The molecule has 1 aliphatic rings. The lowest BCUT2D eigenvalue weighted by Crippen LogP contribution is -2.20. The van der Waals surface area contributed by atoms with Gasteiger partial charge in [-0.3, -0.25) is 4.79 Å². The van der Waals surface area contributed by atoms with Gasteiger partial charge >= 0.3 is 0 Å². The van der Waals surface area contributed by atoms with Gasteiger partial charge in [-0.2, -0.15) is 0 Å². The fourth-order valence-corrected chi connectivity index (χ4v) is 2.47. The Morgan fingerprint density at radius 3 is 2.33 bits per heavy atom. The normalized spacial score (nSPS) is 15.5. The number of Topliss-reactive ketones (excluding diaryl/α,β-unsaturated/α-hetero) is 1. The average Bonchev–Trinajstić information content (AvgIpc) is 2.36. The third kappa shape index (κ3) is 2.19. The van der Waals surface area contributed by atoms with Crippen molar-refractivity contribution in [2.45, 2.75) is 18.8 Å². The van der Waals surface area contributed by atoms with E-state index in [2.05, 4.69) is 24.3 Å². The van der Waals surface area contributed by atoms with E-state index in [1.807, 2.05) is 24.3 Å². The molecule has 1 saturated carbocycles. The summed E-state index contributed by atoms with van der Waals surface area (Å²) < 4.78 is 0. The van der Waals surface area contributed by atoms with Crippen LogP contribution < -0.4 is 0 Å². The Morgan fingerprint density at radius 1 is 0.944 bits per heavy atom. The highest BCUT2D eigenvalue weighted by Gasteiger charge is 2.27. The fraction of sp³-hybridized carbons (Fsp3) is 0.188. The molecule has 2 aromatic carbocycles. The number of hydrogen-bond donors (Lipinski definition) is 0. The quantitative estimate of drug-likeness (QED) is 0.776. The highest BCUT2D eigenvalue weighted by atomic mass is 35.5. The van der Waals surface area contributed by atoms with E-state index < -0.39 is 0 Å². The first-order valence-corrected chi connectivity index (χ1v) is 6.48. The topological polar surface area (TPSA) is 17.1 Å². The summed E-state index contributed by atoms with van der Waals surface area (Å²) in [6, 6.07) is 16.3. The van der Waals surface area contributed by atoms with Crippen molar-refractivity contribution in [1.82, 2.24) is 0 Å². The van der Waals surface area contributed by atoms with E-state index in [0.717, 1.165) is 10.6 Å². The zero-order valence-electron chi connectivity index (χ0n) is 9.90. The molecule has 0 unspecified atom stereocenters. The molecule has 3 rings (SSSR count). The predicted molar refractivity (Wildman–Crippen MR) is 73.9 cm³/mol. The predicted octanol–water partition coefficient (Wildman–Crippen LogP) is 4.45. The molecule has 1 nitrogen and oxygen atoms in total. The third-order valence-corrected chi connectivity index (χ3v) is 3.74. The van der Waals surface area contributed by atoms with Crippen LogP contribution in [-0.2, 0) is 4.79 Å². The first-order valence-electron chi connectivity index (χ1n) is 6.10. The van der Waals surface area contributed by atoms with Crippen LogP contribution in [0, 0.1) is 0 Å². The molecule has 1 aliphatic carbocycles. The summed E-state index contributed by atoms with van der Waals surface area (Å²) in [7, 11) is 0. The zero-order valence-corrected chi connectivity index (χ0v) is 10.7. The maximum atomic E-state index is 11.1. The zero-order chi connectivity index (χ0) is 12.5. The summed E-state index contributed by atoms with van der Waals surface area (Å²) in [4.78, 5) is 11.1. The highest BCUT2D eigenvalue weighted by molar-refractivity contribution is 6.30. The number of rotatable bonds is 2. The van der Waals surface area contributed by atoms with E-state index in [-0.39, 0.29) is 0 Å². The number of halogens is 1. The van der Waals surface area contributed by atoms with Crippen LogP contribution in [0.15, 0.2) is 48.5 Å². The molecule has 1 fully saturated rings. The Hall–Kier alpha value is -1.60. The molecular formula is C16H13ClO. The Balaban J connectivity index is 1.91. The van der Waals surface area contributed by atoms with Crippen LogP contribution in [0.25, 0.3) is 11.1 Å². The molecule has 2 aromatic rings. The number of carbonyl (C=O) groups excluding carboxylic acids is 1. The molecule has 0 radical (unpaired) electrons. The number of ketones is 1. The smallest absolute Gasteiger partial charge is 0.134 e. The van der Waals surface area contributed by atoms with Gasteiger partial charge in [0, 0.05) is 17.9 Å². The maximum Gasteiger partial charge on any atom is 0.134 e. The molecule has 0 aliphatic heterocycles. The van der Waals surface area contributed by atoms with Crippen molar-refractivity contribution in [2.75, 3.05) is 0 Å². The second-order valence-electron chi connectivity index (χ2n) is 4.78. The van der Waals surface area contributed by atoms with Crippen LogP contribution in [0.4, 0.5) is 0 Å². The van der Waals surface area contributed by atoms with Crippen molar-refractivity contribution in [2.24, 2.45) is 0 Å². The Labute approximate surface area is 111 Å². The van der Waals surface area contributed by atoms with E-state index in [1.165, 1.54) is 11.1 Å². The van der Waals surface area contributed by atoms with Crippen molar-refractivity contribution in [3.63, 3.8) is 0 Å². The Morgan fingerprint density at radius 2 is 1.67 bits per heavy atom. The number of benzene rings is 2. The van der Waals surface area contributed by atoms with E-state index >= 15 is 0 Å². The SMILES string of the molecule is O=C1CC(c2cccc(-c3ccc(Cl)cc3)c2)C1. The monoisotopic (exact) mass is 256 g/mol. The van der Waals surface area contributed by atoms with Gasteiger partial charge in [0.25, 0.3) is 0 Å². The summed E-state index contributed by atoms with van der Waals surface area (Å²) in [6.45, 7) is 0. The molecule has 18 heavy (non-hydrogen) atoms. The minimum atomic E-state index is 0.372. The molecule has 0 bridgehead atoms. The van der Waals surface area contributed by atoms with Gasteiger partial charge in [0.2, 0.25) is 0 Å². The molecule has 0 atom stereocenters. The second kappa shape index (κ2) is 4.58. The molecule has 0 aromatic heterocycles. The van der Waals surface area contributed by atoms with Crippen LogP contribution in [0.1, 0.15) is 24.3 Å². The molecule has 0 N–H and O–H groups in total. The van der Waals surface area contributed by atoms with Gasteiger partial charge in [0.15, 0.2) is 0 Å². The largest absolute Gasteiger partial charge is 0.300 e. The van der Waals surface area contributed by atoms with E-state index in [1.54, 1.807) is 0 Å². The van der Waals surface area contributed by atoms with Crippen LogP contribution in [0.5, 0.6) is 0 Å². The van der Waals surface area contributed by atoms with Gasteiger partial charge in [0.1, 0.15) is 5.78 Å². The van der Waals surface area contributed by atoms with Crippen molar-refractivity contribution in [1.29, 1.82) is 0 Å². The molecule has 90 valence electrons. The molecule has 0 amide bonds. The van der Waals surface area contributed by atoms with Gasteiger partial charge in [-0.15, -0.1) is 0 Å².